The average Bonchev–Trinajstić information content (AvgIpc) is 2.74. The van der Waals surface area contributed by atoms with Crippen LogP contribution in [-0.2, 0) is 6.42 Å². The number of aryl methyl sites for hydroxylation is 2. The summed E-state index contributed by atoms with van der Waals surface area (Å²) in [6.45, 7) is 4.09. The zero-order chi connectivity index (χ0) is 14.0. The molecule has 0 aliphatic carbocycles. The van der Waals surface area contributed by atoms with Gasteiger partial charge in [-0.15, -0.1) is 0 Å². The highest BCUT2D eigenvalue weighted by Crippen LogP contribution is 2.22. The molecule has 2 N–H and O–H groups in total. The summed E-state index contributed by atoms with van der Waals surface area (Å²) in [5.41, 5.74) is 3.06. The van der Waals surface area contributed by atoms with Gasteiger partial charge in [-0.1, -0.05) is 6.92 Å². The molecule has 0 aromatic carbocycles. The minimum atomic E-state index is -0.212. The van der Waals surface area contributed by atoms with Crippen molar-refractivity contribution in [2.75, 3.05) is 13.2 Å². The molecule has 0 aliphatic rings. The quantitative estimate of drug-likeness (QED) is 0.899. The number of rotatable bonds is 4. The first-order chi connectivity index (χ1) is 9.08. The molecule has 6 heteroatoms. The highest BCUT2D eigenvalue weighted by Gasteiger charge is 2.19. The fraction of sp³-hybridized carbons (Fsp3) is 0.385. The molecule has 2 aromatic rings. The summed E-state index contributed by atoms with van der Waals surface area (Å²) < 4.78 is 2.66. The molecular formula is C13H16BrN3O2. The third-order valence-corrected chi connectivity index (χ3v) is 3.41. The summed E-state index contributed by atoms with van der Waals surface area (Å²) in [5.74, 6) is -0.212. The second kappa shape index (κ2) is 5.71. The molecule has 5 nitrogen and oxygen atoms in total. The third kappa shape index (κ3) is 2.64. The van der Waals surface area contributed by atoms with Gasteiger partial charge in [-0.3, -0.25) is 9.20 Å². The van der Waals surface area contributed by atoms with Crippen molar-refractivity contribution < 1.29 is 9.90 Å². The first kappa shape index (κ1) is 14.0. The van der Waals surface area contributed by atoms with Gasteiger partial charge in [-0.05, 0) is 40.9 Å². The molecule has 102 valence electrons. The number of pyridine rings is 1. The maximum absolute atomic E-state index is 12.2. The number of carbonyl (C=O) groups is 1. The molecule has 2 rings (SSSR count). The second-order valence-electron chi connectivity index (χ2n) is 4.30. The Morgan fingerprint density at radius 1 is 1.58 bits per heavy atom. The molecule has 1 amide bonds. The molecule has 0 radical (unpaired) electrons. The minimum Gasteiger partial charge on any atom is -0.395 e. The van der Waals surface area contributed by atoms with Gasteiger partial charge in [0.1, 0.15) is 5.69 Å². The van der Waals surface area contributed by atoms with Crippen molar-refractivity contribution in [3.8, 4) is 0 Å². The molecule has 0 saturated carbocycles. The maximum Gasteiger partial charge on any atom is 0.270 e. The van der Waals surface area contributed by atoms with Crippen molar-refractivity contribution in [2.45, 2.75) is 20.3 Å². The van der Waals surface area contributed by atoms with Crippen LogP contribution in [-0.4, -0.2) is 33.6 Å². The number of aromatic nitrogens is 2. The van der Waals surface area contributed by atoms with Gasteiger partial charge in [-0.2, -0.15) is 0 Å². The van der Waals surface area contributed by atoms with Gasteiger partial charge in [-0.25, -0.2) is 4.98 Å². The van der Waals surface area contributed by atoms with Gasteiger partial charge in [0.15, 0.2) is 5.65 Å². The van der Waals surface area contributed by atoms with Crippen LogP contribution in [0.1, 0.15) is 28.7 Å². The highest BCUT2D eigenvalue weighted by atomic mass is 79.9. The Morgan fingerprint density at radius 3 is 2.95 bits per heavy atom. The molecule has 0 unspecified atom stereocenters. The molecule has 2 heterocycles. The van der Waals surface area contributed by atoms with E-state index in [1.807, 2.05) is 26.1 Å². The van der Waals surface area contributed by atoms with Crippen molar-refractivity contribution in [1.82, 2.24) is 14.7 Å². The molecule has 2 aromatic heterocycles. The van der Waals surface area contributed by atoms with Crippen LogP contribution < -0.4 is 5.32 Å². The van der Waals surface area contributed by atoms with Gasteiger partial charge in [0, 0.05) is 12.7 Å². The van der Waals surface area contributed by atoms with E-state index in [-0.39, 0.29) is 19.1 Å². The molecule has 0 atom stereocenters. The molecule has 0 spiro atoms. The lowest BCUT2D eigenvalue weighted by Gasteiger charge is -2.06. The van der Waals surface area contributed by atoms with Gasteiger partial charge < -0.3 is 10.4 Å². The van der Waals surface area contributed by atoms with Crippen LogP contribution in [0.3, 0.4) is 0 Å². The summed E-state index contributed by atoms with van der Waals surface area (Å²) >= 11 is 3.47. The van der Waals surface area contributed by atoms with Crippen LogP contribution in [0.5, 0.6) is 0 Å². The lowest BCUT2D eigenvalue weighted by atomic mass is 10.2. The molecular weight excluding hydrogens is 310 g/mol. The minimum absolute atomic E-state index is 0.0767. The second-order valence-corrected chi connectivity index (χ2v) is 5.15. The lowest BCUT2D eigenvalue weighted by Crippen LogP contribution is -2.28. The van der Waals surface area contributed by atoms with E-state index in [9.17, 15) is 4.79 Å². The smallest absolute Gasteiger partial charge is 0.270 e. The zero-order valence-electron chi connectivity index (χ0n) is 10.9. The third-order valence-electron chi connectivity index (χ3n) is 2.83. The topological polar surface area (TPSA) is 66.6 Å². The SMILES string of the molecule is CCc1nc2c(Br)cc(C)cn2c1C(=O)NCCO. The number of halogens is 1. The van der Waals surface area contributed by atoms with E-state index in [0.717, 1.165) is 21.4 Å². The van der Waals surface area contributed by atoms with E-state index in [4.69, 9.17) is 5.11 Å². The summed E-state index contributed by atoms with van der Waals surface area (Å²) in [6.07, 6.45) is 2.56. The Bertz CT molecular complexity index is 622. The standard InChI is InChI=1S/C13H16BrN3O2/c1-3-10-11(13(19)15-4-5-18)17-7-8(2)6-9(14)12(17)16-10/h6-7,18H,3-5H2,1-2H3,(H,15,19). The highest BCUT2D eigenvalue weighted by molar-refractivity contribution is 9.10. The summed E-state index contributed by atoms with van der Waals surface area (Å²) in [7, 11) is 0. The number of hydrogen-bond donors (Lipinski definition) is 2. The Labute approximate surface area is 119 Å². The van der Waals surface area contributed by atoms with Gasteiger partial charge in [0.05, 0.1) is 16.8 Å². The number of imidazole rings is 1. The van der Waals surface area contributed by atoms with E-state index in [1.54, 1.807) is 4.40 Å². The summed E-state index contributed by atoms with van der Waals surface area (Å²) in [4.78, 5) is 16.7. The van der Waals surface area contributed by atoms with E-state index in [1.165, 1.54) is 0 Å². The normalized spacial score (nSPS) is 10.9. The van der Waals surface area contributed by atoms with E-state index in [0.29, 0.717) is 12.1 Å². The lowest BCUT2D eigenvalue weighted by molar-refractivity contribution is 0.0938. The van der Waals surface area contributed by atoms with Gasteiger partial charge in [0.25, 0.3) is 5.91 Å². The van der Waals surface area contributed by atoms with Crippen LogP contribution in [0.25, 0.3) is 5.65 Å². The first-order valence-electron chi connectivity index (χ1n) is 6.14. The Hall–Kier alpha value is -1.40. The molecule has 0 fully saturated rings. The number of aliphatic hydroxyl groups is 1. The number of amides is 1. The molecule has 0 aliphatic heterocycles. The molecule has 0 saturated heterocycles. The number of hydrogen-bond acceptors (Lipinski definition) is 3. The first-order valence-corrected chi connectivity index (χ1v) is 6.94. The number of aliphatic hydroxyl groups excluding tert-OH is 1. The van der Waals surface area contributed by atoms with Crippen LogP contribution in [0.2, 0.25) is 0 Å². The number of nitrogens with zero attached hydrogens (tertiary/aromatic N) is 2. The fourth-order valence-electron chi connectivity index (χ4n) is 2.02. The van der Waals surface area contributed by atoms with Crippen LogP contribution >= 0.6 is 15.9 Å². The van der Waals surface area contributed by atoms with Gasteiger partial charge >= 0.3 is 0 Å². The average molecular weight is 326 g/mol. The zero-order valence-corrected chi connectivity index (χ0v) is 12.5. The fourth-order valence-corrected chi connectivity index (χ4v) is 2.66. The van der Waals surface area contributed by atoms with Crippen molar-refractivity contribution in [3.63, 3.8) is 0 Å². The number of nitrogens with one attached hydrogen (secondary N) is 1. The largest absolute Gasteiger partial charge is 0.395 e. The predicted octanol–water partition coefficient (Wildman–Crippen LogP) is 1.69. The van der Waals surface area contributed by atoms with Crippen LogP contribution in [0, 0.1) is 6.92 Å². The van der Waals surface area contributed by atoms with E-state index >= 15 is 0 Å². The van der Waals surface area contributed by atoms with E-state index < -0.39 is 0 Å². The Kier molecular flexibility index (Phi) is 4.21. The predicted molar refractivity (Wildman–Crippen MR) is 76.4 cm³/mol. The van der Waals surface area contributed by atoms with Crippen LogP contribution in [0.15, 0.2) is 16.7 Å². The number of fused-ring (bicyclic) bond motifs is 1. The summed E-state index contributed by atoms with van der Waals surface area (Å²) in [6, 6.07) is 1.97. The van der Waals surface area contributed by atoms with Crippen molar-refractivity contribution in [2.24, 2.45) is 0 Å². The van der Waals surface area contributed by atoms with Crippen molar-refractivity contribution in [1.29, 1.82) is 0 Å². The molecule has 19 heavy (non-hydrogen) atoms. The monoisotopic (exact) mass is 325 g/mol. The Morgan fingerprint density at radius 2 is 2.32 bits per heavy atom. The maximum atomic E-state index is 12.2. The Balaban J connectivity index is 2.60. The van der Waals surface area contributed by atoms with Crippen LogP contribution in [0.4, 0.5) is 0 Å². The summed E-state index contributed by atoms with van der Waals surface area (Å²) in [5, 5.41) is 11.5. The van der Waals surface area contributed by atoms with Crippen molar-refractivity contribution >= 4 is 27.5 Å². The van der Waals surface area contributed by atoms with E-state index in [2.05, 4.69) is 26.2 Å². The van der Waals surface area contributed by atoms with Gasteiger partial charge in [0.2, 0.25) is 0 Å². The molecule has 0 bridgehead atoms. The number of carbonyl (C=O) groups excluding carboxylic acids is 1. The van der Waals surface area contributed by atoms with Crippen molar-refractivity contribution in [3.05, 3.63) is 33.7 Å².